The topological polar surface area (TPSA) is 44.8 Å². The highest BCUT2D eigenvalue weighted by molar-refractivity contribution is 5.90. The Morgan fingerprint density at radius 3 is 2.56 bits per heavy atom. The fourth-order valence-corrected chi connectivity index (χ4v) is 5.77. The Balaban J connectivity index is 1.63. The third-order valence-electron chi connectivity index (χ3n) is 7.09. The van der Waals surface area contributed by atoms with E-state index in [2.05, 4.69) is 61.4 Å². The maximum atomic E-state index is 14.3. The van der Waals surface area contributed by atoms with Gasteiger partial charge in [-0.05, 0) is 38.0 Å². The molecule has 2 amide bonds. The van der Waals surface area contributed by atoms with Gasteiger partial charge in [-0.25, -0.2) is 9.69 Å². The average Bonchev–Trinajstić information content (AvgIpc) is 3.28. The van der Waals surface area contributed by atoms with Crippen LogP contribution in [0.1, 0.15) is 44.4 Å². The molecule has 0 saturated carbocycles. The molecule has 2 saturated heterocycles. The second kappa shape index (κ2) is 8.18. The van der Waals surface area contributed by atoms with Gasteiger partial charge in [0.25, 0.3) is 0 Å². The molecule has 6 nitrogen and oxygen atoms in total. The average molecular weight is 436 g/mol. The van der Waals surface area contributed by atoms with Crippen LogP contribution in [-0.4, -0.2) is 60.5 Å². The Morgan fingerprint density at radius 1 is 1.09 bits per heavy atom. The number of amides is 2. The number of anilines is 1. The van der Waals surface area contributed by atoms with Gasteiger partial charge in [0.05, 0.1) is 18.8 Å². The lowest BCUT2D eigenvalue weighted by Gasteiger charge is -2.41. The molecule has 0 bridgehead atoms. The van der Waals surface area contributed by atoms with Gasteiger partial charge in [-0.3, -0.25) is 0 Å². The van der Waals surface area contributed by atoms with Crippen molar-refractivity contribution < 1.29 is 14.1 Å². The lowest BCUT2D eigenvalue weighted by molar-refractivity contribution is -0.960. The van der Waals surface area contributed by atoms with Crippen LogP contribution in [-0.2, 0) is 6.42 Å². The van der Waals surface area contributed by atoms with E-state index in [4.69, 9.17) is 4.74 Å². The van der Waals surface area contributed by atoms with Gasteiger partial charge < -0.3 is 10.1 Å². The molecule has 3 aliphatic rings. The van der Waals surface area contributed by atoms with E-state index in [1.165, 1.54) is 5.56 Å². The van der Waals surface area contributed by atoms with Crippen molar-refractivity contribution in [2.75, 3.05) is 44.2 Å². The van der Waals surface area contributed by atoms with Crippen molar-refractivity contribution in [3.8, 4) is 5.75 Å². The molecule has 170 valence electrons. The van der Waals surface area contributed by atoms with Crippen LogP contribution in [0, 0.1) is 0 Å². The number of nitrogens with zero attached hydrogens (tertiary/aromatic N) is 3. The highest BCUT2D eigenvalue weighted by Gasteiger charge is 2.58. The summed E-state index contributed by atoms with van der Waals surface area (Å²) < 4.78 is 6.86. The van der Waals surface area contributed by atoms with Crippen LogP contribution < -0.4 is 15.0 Å². The van der Waals surface area contributed by atoms with Gasteiger partial charge in [0, 0.05) is 25.1 Å². The molecule has 2 atom stereocenters. The number of fused-ring (bicyclic) bond motifs is 1. The zero-order valence-electron chi connectivity index (χ0n) is 19.5. The van der Waals surface area contributed by atoms with Gasteiger partial charge in [0.15, 0.2) is 0 Å². The predicted molar refractivity (Wildman–Crippen MR) is 127 cm³/mol. The summed E-state index contributed by atoms with van der Waals surface area (Å²) in [6, 6.07) is 16.7. The maximum Gasteiger partial charge on any atom is 0.444 e. The van der Waals surface area contributed by atoms with Gasteiger partial charge in [-0.15, -0.1) is 5.01 Å². The summed E-state index contributed by atoms with van der Waals surface area (Å²) in [4.78, 5) is 16.4. The fraction of sp³-hybridized carbons (Fsp3) is 0.500. The molecule has 5 rings (SSSR count). The van der Waals surface area contributed by atoms with E-state index in [-0.39, 0.29) is 17.7 Å². The van der Waals surface area contributed by atoms with Crippen molar-refractivity contribution in [3.05, 3.63) is 59.7 Å². The Kier molecular flexibility index (Phi) is 5.48. The summed E-state index contributed by atoms with van der Waals surface area (Å²) >= 11 is 0. The predicted octanol–water partition coefficient (Wildman–Crippen LogP) is 4.13. The standard InChI is InChI=1S/C26H35N4O2/c1-4-17-30(28-15-13-27-14-16-28)19-23(29(25(30)31)21-10-6-5-7-11-21)22-12-8-9-20-18-26(2,3)32-24(20)22/h5-12,23,27H,4,13-19H2,1-3H3/q+1. The molecule has 0 aliphatic carbocycles. The van der Waals surface area contributed by atoms with Crippen LogP contribution in [0.5, 0.6) is 5.75 Å². The van der Waals surface area contributed by atoms with Gasteiger partial charge in [-0.2, -0.15) is 4.59 Å². The van der Waals surface area contributed by atoms with Gasteiger partial charge in [-0.1, -0.05) is 43.3 Å². The number of quaternary nitrogens is 1. The molecule has 0 spiro atoms. The molecule has 2 unspecified atom stereocenters. The van der Waals surface area contributed by atoms with E-state index in [1.807, 2.05) is 23.1 Å². The SMILES string of the molecule is CCC[N+]1(N2CCNCC2)CC(c2cccc3c2OC(C)(C)C3)N(c2ccccc2)C1=O. The smallest absolute Gasteiger partial charge is 0.444 e. The van der Waals surface area contributed by atoms with Crippen LogP contribution in [0.25, 0.3) is 0 Å². The highest BCUT2D eigenvalue weighted by Crippen LogP contribution is 2.47. The molecule has 0 radical (unpaired) electrons. The minimum Gasteiger partial charge on any atom is -0.487 e. The van der Waals surface area contributed by atoms with E-state index in [0.29, 0.717) is 4.59 Å². The van der Waals surface area contributed by atoms with E-state index in [1.54, 1.807) is 0 Å². The first-order valence-corrected chi connectivity index (χ1v) is 12.0. The van der Waals surface area contributed by atoms with Crippen molar-refractivity contribution in [2.45, 2.75) is 45.3 Å². The fourth-order valence-electron chi connectivity index (χ4n) is 5.77. The number of nitrogens with one attached hydrogen (secondary N) is 1. The van der Waals surface area contributed by atoms with Gasteiger partial charge in [0.1, 0.15) is 30.5 Å². The second-order valence-electron chi connectivity index (χ2n) is 9.91. The van der Waals surface area contributed by atoms with Gasteiger partial charge >= 0.3 is 6.03 Å². The van der Waals surface area contributed by atoms with Crippen molar-refractivity contribution in [1.29, 1.82) is 0 Å². The van der Waals surface area contributed by atoms with Crippen molar-refractivity contribution in [2.24, 2.45) is 0 Å². The quantitative estimate of drug-likeness (QED) is 0.718. The summed E-state index contributed by atoms with van der Waals surface area (Å²) in [5.41, 5.74) is 3.13. The monoisotopic (exact) mass is 435 g/mol. The Bertz CT molecular complexity index is 987. The van der Waals surface area contributed by atoms with E-state index in [9.17, 15) is 4.79 Å². The van der Waals surface area contributed by atoms with Crippen molar-refractivity contribution in [3.63, 3.8) is 0 Å². The maximum absolute atomic E-state index is 14.3. The number of piperazine rings is 1. The first-order chi connectivity index (χ1) is 15.5. The molecule has 2 aromatic rings. The number of hydrogen-bond acceptors (Lipinski definition) is 4. The number of urea groups is 1. The highest BCUT2D eigenvalue weighted by atomic mass is 16.5. The summed E-state index contributed by atoms with van der Waals surface area (Å²) in [5.74, 6) is 0.980. The first kappa shape index (κ1) is 21.4. The normalized spacial score (nSPS) is 27.4. The number of ether oxygens (including phenoxy) is 1. The third-order valence-corrected chi connectivity index (χ3v) is 7.09. The first-order valence-electron chi connectivity index (χ1n) is 12.0. The van der Waals surface area contributed by atoms with Gasteiger partial charge in [0.2, 0.25) is 0 Å². The number of carbonyl (C=O) groups is 1. The summed E-state index contributed by atoms with van der Waals surface area (Å²) in [6.45, 7) is 11.6. The Hall–Kier alpha value is -2.41. The number of benzene rings is 2. The lowest BCUT2D eigenvalue weighted by Crippen LogP contribution is -2.66. The van der Waals surface area contributed by atoms with Crippen LogP contribution in [0.15, 0.2) is 48.5 Å². The largest absolute Gasteiger partial charge is 0.487 e. The molecule has 1 N–H and O–H groups in total. The molecule has 3 aliphatic heterocycles. The molecule has 2 aromatic carbocycles. The van der Waals surface area contributed by atoms with Crippen LogP contribution in [0.3, 0.4) is 0 Å². The molecule has 6 heteroatoms. The summed E-state index contributed by atoms with van der Waals surface area (Å²) in [5, 5.41) is 5.84. The number of para-hydroxylation sites is 2. The molecular weight excluding hydrogens is 400 g/mol. The number of carbonyl (C=O) groups excluding carboxylic acids is 1. The molecule has 0 aromatic heterocycles. The lowest BCUT2D eigenvalue weighted by atomic mass is 9.97. The Labute approximate surface area is 191 Å². The number of rotatable bonds is 5. The summed E-state index contributed by atoms with van der Waals surface area (Å²) in [7, 11) is 0. The zero-order valence-corrected chi connectivity index (χ0v) is 19.5. The van der Waals surface area contributed by atoms with E-state index >= 15 is 0 Å². The second-order valence-corrected chi connectivity index (χ2v) is 9.91. The zero-order chi connectivity index (χ0) is 22.3. The molecule has 32 heavy (non-hydrogen) atoms. The van der Waals surface area contributed by atoms with Crippen molar-refractivity contribution in [1.82, 2.24) is 10.3 Å². The van der Waals surface area contributed by atoms with Crippen LogP contribution >= 0.6 is 0 Å². The molecule has 3 heterocycles. The third kappa shape index (κ3) is 3.51. The van der Waals surface area contributed by atoms with Crippen LogP contribution in [0.4, 0.5) is 10.5 Å². The minimum absolute atomic E-state index is 0.0600. The van der Waals surface area contributed by atoms with E-state index in [0.717, 1.165) is 69.1 Å². The minimum atomic E-state index is -0.216. The van der Waals surface area contributed by atoms with Crippen LogP contribution in [0.2, 0.25) is 0 Å². The molecule has 2 fully saturated rings. The summed E-state index contributed by atoms with van der Waals surface area (Å²) in [6.07, 6.45) is 1.86. The van der Waals surface area contributed by atoms with Crippen molar-refractivity contribution >= 4 is 11.7 Å². The molecular formula is C26H35N4O2+. The number of hydrogen-bond donors (Lipinski definition) is 1. The van der Waals surface area contributed by atoms with E-state index < -0.39 is 0 Å². The Morgan fingerprint density at radius 2 is 1.84 bits per heavy atom.